The maximum atomic E-state index is 13.0. The van der Waals surface area contributed by atoms with Crippen molar-refractivity contribution in [3.63, 3.8) is 0 Å². The minimum Gasteiger partial charge on any atom is -0.469 e. The summed E-state index contributed by atoms with van der Waals surface area (Å²) in [6.07, 6.45) is 3.49. The van der Waals surface area contributed by atoms with Gasteiger partial charge in [0.15, 0.2) is 0 Å². The maximum absolute atomic E-state index is 13.0. The smallest absolute Gasteiger partial charge is 0.308 e. The number of halogens is 2. The molecule has 0 aromatic heterocycles. The van der Waals surface area contributed by atoms with E-state index in [9.17, 15) is 9.18 Å². The zero-order valence-corrected chi connectivity index (χ0v) is 13.0. The van der Waals surface area contributed by atoms with Gasteiger partial charge >= 0.3 is 5.97 Å². The summed E-state index contributed by atoms with van der Waals surface area (Å²) in [5.74, 6) is -0.374. The molecule has 0 spiro atoms. The van der Waals surface area contributed by atoms with Crippen LogP contribution in [-0.2, 0) is 20.9 Å². The van der Waals surface area contributed by atoms with Crippen LogP contribution < -0.4 is 0 Å². The van der Waals surface area contributed by atoms with Crippen molar-refractivity contribution in [2.75, 3.05) is 7.11 Å². The molecule has 1 aromatic rings. The lowest BCUT2D eigenvalue weighted by Crippen LogP contribution is -2.26. The quantitative estimate of drug-likeness (QED) is 0.778. The molecule has 1 aromatic carbocycles. The Morgan fingerprint density at radius 2 is 2.05 bits per heavy atom. The average Bonchev–Trinajstić information content (AvgIpc) is 2.46. The van der Waals surface area contributed by atoms with Gasteiger partial charge in [0, 0.05) is 4.47 Å². The van der Waals surface area contributed by atoms with Crippen molar-refractivity contribution in [2.24, 2.45) is 5.92 Å². The van der Waals surface area contributed by atoms with E-state index in [1.54, 1.807) is 6.07 Å². The Bertz CT molecular complexity index is 470. The van der Waals surface area contributed by atoms with E-state index in [2.05, 4.69) is 15.9 Å². The van der Waals surface area contributed by atoms with Crippen LogP contribution in [0.4, 0.5) is 4.39 Å². The molecule has 0 radical (unpaired) electrons. The van der Waals surface area contributed by atoms with Gasteiger partial charge in [-0.25, -0.2) is 4.39 Å². The molecule has 20 heavy (non-hydrogen) atoms. The predicted molar refractivity (Wildman–Crippen MR) is 76.7 cm³/mol. The second-order valence-corrected chi connectivity index (χ2v) is 5.90. The van der Waals surface area contributed by atoms with Gasteiger partial charge in [-0.2, -0.15) is 0 Å². The van der Waals surface area contributed by atoms with E-state index in [0.29, 0.717) is 6.61 Å². The summed E-state index contributed by atoms with van der Waals surface area (Å²) in [5.41, 5.74) is 0.932. The highest BCUT2D eigenvalue weighted by atomic mass is 79.9. The highest BCUT2D eigenvalue weighted by Crippen LogP contribution is 2.28. The molecule has 0 aliphatic heterocycles. The fourth-order valence-electron chi connectivity index (χ4n) is 2.48. The molecular weight excluding hydrogens is 327 g/mol. The normalized spacial score (nSPS) is 22.6. The van der Waals surface area contributed by atoms with Crippen LogP contribution >= 0.6 is 15.9 Å². The van der Waals surface area contributed by atoms with Crippen LogP contribution in [0.2, 0.25) is 0 Å². The fraction of sp³-hybridized carbons (Fsp3) is 0.533. The molecule has 0 heterocycles. The van der Waals surface area contributed by atoms with E-state index < -0.39 is 0 Å². The van der Waals surface area contributed by atoms with Crippen molar-refractivity contribution >= 4 is 21.9 Å². The third-order valence-electron chi connectivity index (χ3n) is 3.70. The molecule has 0 bridgehead atoms. The predicted octanol–water partition coefficient (Wildman–Crippen LogP) is 3.84. The van der Waals surface area contributed by atoms with Gasteiger partial charge in [-0.1, -0.05) is 22.0 Å². The summed E-state index contributed by atoms with van der Waals surface area (Å²) in [5, 5.41) is 0. The average molecular weight is 345 g/mol. The number of benzene rings is 1. The molecule has 3 nitrogen and oxygen atoms in total. The number of methoxy groups -OCH3 is 1. The Morgan fingerprint density at radius 3 is 2.65 bits per heavy atom. The number of carbonyl (C=O) groups is 1. The monoisotopic (exact) mass is 344 g/mol. The molecule has 1 aliphatic rings. The van der Waals surface area contributed by atoms with E-state index in [1.165, 1.54) is 19.2 Å². The van der Waals surface area contributed by atoms with E-state index in [4.69, 9.17) is 9.47 Å². The Labute approximate surface area is 126 Å². The molecule has 0 amide bonds. The molecule has 1 aliphatic carbocycles. The molecule has 1 fully saturated rings. The first-order valence-electron chi connectivity index (χ1n) is 6.73. The van der Waals surface area contributed by atoms with Gasteiger partial charge in [0.05, 0.1) is 25.7 Å². The van der Waals surface area contributed by atoms with Crippen LogP contribution in [0.3, 0.4) is 0 Å². The fourth-order valence-corrected chi connectivity index (χ4v) is 2.94. The van der Waals surface area contributed by atoms with Crippen molar-refractivity contribution in [2.45, 2.75) is 38.4 Å². The van der Waals surface area contributed by atoms with E-state index in [1.807, 2.05) is 0 Å². The molecule has 110 valence electrons. The first-order valence-corrected chi connectivity index (χ1v) is 7.53. The minimum atomic E-state index is -0.265. The Kier molecular flexibility index (Phi) is 5.54. The van der Waals surface area contributed by atoms with Crippen molar-refractivity contribution in [3.8, 4) is 0 Å². The Hall–Kier alpha value is -0.940. The SMILES string of the molecule is COC(=O)C1CCC(OCc2ccc(F)cc2Br)CC1. The van der Waals surface area contributed by atoms with Crippen LogP contribution in [0.5, 0.6) is 0 Å². The second-order valence-electron chi connectivity index (χ2n) is 5.04. The maximum Gasteiger partial charge on any atom is 0.308 e. The van der Waals surface area contributed by atoms with E-state index >= 15 is 0 Å². The third kappa shape index (κ3) is 4.03. The number of rotatable bonds is 4. The standard InChI is InChI=1S/C15H18BrFO3/c1-19-15(18)10-3-6-13(7-4-10)20-9-11-2-5-12(17)8-14(11)16/h2,5,8,10,13H,3-4,6-7,9H2,1H3. The number of hydrogen-bond acceptors (Lipinski definition) is 3. The summed E-state index contributed by atoms with van der Waals surface area (Å²) in [4.78, 5) is 11.4. The van der Waals surface area contributed by atoms with Crippen LogP contribution in [0.15, 0.2) is 22.7 Å². The lowest BCUT2D eigenvalue weighted by atomic mass is 9.87. The Balaban J connectivity index is 1.80. The van der Waals surface area contributed by atoms with E-state index in [-0.39, 0.29) is 23.8 Å². The highest BCUT2D eigenvalue weighted by molar-refractivity contribution is 9.10. The first-order chi connectivity index (χ1) is 9.60. The lowest BCUT2D eigenvalue weighted by molar-refractivity contribution is -0.147. The molecular formula is C15H18BrFO3. The zero-order valence-electron chi connectivity index (χ0n) is 11.4. The molecule has 0 saturated heterocycles. The largest absolute Gasteiger partial charge is 0.469 e. The molecule has 0 unspecified atom stereocenters. The second kappa shape index (κ2) is 7.18. The molecule has 5 heteroatoms. The highest BCUT2D eigenvalue weighted by Gasteiger charge is 2.27. The van der Waals surface area contributed by atoms with Crippen LogP contribution in [0.1, 0.15) is 31.2 Å². The topological polar surface area (TPSA) is 35.5 Å². The number of carbonyl (C=O) groups excluding carboxylic acids is 1. The molecule has 1 saturated carbocycles. The lowest BCUT2D eigenvalue weighted by Gasteiger charge is -2.27. The molecule has 2 rings (SSSR count). The van der Waals surface area contributed by atoms with Gasteiger partial charge in [0.1, 0.15) is 5.82 Å². The summed E-state index contributed by atoms with van der Waals surface area (Å²) < 4.78 is 24.3. The summed E-state index contributed by atoms with van der Waals surface area (Å²) in [7, 11) is 1.43. The first kappa shape index (κ1) is 15.4. The molecule has 0 N–H and O–H groups in total. The van der Waals surface area contributed by atoms with Crippen molar-refractivity contribution < 1.29 is 18.7 Å². The van der Waals surface area contributed by atoms with Crippen molar-refractivity contribution in [3.05, 3.63) is 34.1 Å². The van der Waals surface area contributed by atoms with Gasteiger partial charge in [-0.15, -0.1) is 0 Å². The molecule has 0 atom stereocenters. The number of hydrogen-bond donors (Lipinski definition) is 0. The minimum absolute atomic E-state index is 0.0115. The van der Waals surface area contributed by atoms with Gasteiger partial charge in [0.25, 0.3) is 0 Å². The van der Waals surface area contributed by atoms with Crippen LogP contribution in [0, 0.1) is 11.7 Å². The summed E-state index contributed by atoms with van der Waals surface area (Å²) in [6, 6.07) is 4.59. The summed E-state index contributed by atoms with van der Waals surface area (Å²) in [6.45, 7) is 0.453. The van der Waals surface area contributed by atoms with Gasteiger partial charge in [-0.3, -0.25) is 4.79 Å². The van der Waals surface area contributed by atoms with Gasteiger partial charge < -0.3 is 9.47 Å². The van der Waals surface area contributed by atoms with Crippen LogP contribution in [-0.4, -0.2) is 19.2 Å². The number of esters is 1. The van der Waals surface area contributed by atoms with Crippen LogP contribution in [0.25, 0.3) is 0 Å². The van der Waals surface area contributed by atoms with Crippen molar-refractivity contribution in [1.29, 1.82) is 0 Å². The van der Waals surface area contributed by atoms with Gasteiger partial charge in [-0.05, 0) is 43.4 Å². The van der Waals surface area contributed by atoms with Crippen molar-refractivity contribution in [1.82, 2.24) is 0 Å². The third-order valence-corrected chi connectivity index (χ3v) is 4.44. The van der Waals surface area contributed by atoms with Gasteiger partial charge in [0.2, 0.25) is 0 Å². The Morgan fingerprint density at radius 1 is 1.35 bits per heavy atom. The zero-order chi connectivity index (χ0) is 14.5. The summed E-state index contributed by atoms with van der Waals surface area (Å²) >= 11 is 3.33. The van der Waals surface area contributed by atoms with E-state index in [0.717, 1.165) is 35.7 Å². The number of ether oxygens (including phenoxy) is 2.